The van der Waals surface area contributed by atoms with Crippen LogP contribution in [0.25, 0.3) is 21.7 Å². The number of nitrogens with zero attached hydrogens (tertiary/aromatic N) is 3. The summed E-state index contributed by atoms with van der Waals surface area (Å²) in [7, 11) is 2.11. The predicted octanol–water partition coefficient (Wildman–Crippen LogP) is 3.08. The Morgan fingerprint density at radius 3 is 2.92 bits per heavy atom. The van der Waals surface area contributed by atoms with Crippen LogP contribution in [0.4, 0.5) is 0 Å². The van der Waals surface area contributed by atoms with Crippen LogP contribution in [-0.4, -0.2) is 47.1 Å². The molecule has 1 aliphatic rings. The van der Waals surface area contributed by atoms with Crippen molar-refractivity contribution in [3.05, 3.63) is 34.8 Å². The summed E-state index contributed by atoms with van der Waals surface area (Å²) in [5, 5.41) is 9.87. The molecule has 1 amide bonds. The number of aryl methyl sites for hydroxylation is 1. The zero-order valence-electron chi connectivity index (χ0n) is 14.3. The summed E-state index contributed by atoms with van der Waals surface area (Å²) in [5.74, 6) is -0.0777. The van der Waals surface area contributed by atoms with E-state index in [1.165, 1.54) is 0 Å². The van der Waals surface area contributed by atoms with Gasteiger partial charge in [0.15, 0.2) is 0 Å². The third-order valence-corrected chi connectivity index (χ3v) is 5.58. The fourth-order valence-electron chi connectivity index (χ4n) is 3.24. The largest absolute Gasteiger partial charge is 0.349 e. The second-order valence-corrected chi connectivity index (χ2v) is 7.48. The molecule has 4 rings (SSSR count). The molecule has 7 heteroatoms. The first-order valence-electron chi connectivity index (χ1n) is 8.42. The van der Waals surface area contributed by atoms with E-state index in [2.05, 4.69) is 27.4 Å². The highest BCUT2D eigenvalue weighted by molar-refractivity contribution is 7.13. The van der Waals surface area contributed by atoms with Crippen LogP contribution in [-0.2, 0) is 0 Å². The minimum Gasteiger partial charge on any atom is -0.349 e. The number of nitrogens with one attached hydrogen (secondary N) is 1. The summed E-state index contributed by atoms with van der Waals surface area (Å²) in [5.41, 5.74) is 2.43. The average Bonchev–Trinajstić information content (AvgIpc) is 3.26. The van der Waals surface area contributed by atoms with Crippen molar-refractivity contribution < 1.29 is 9.32 Å². The number of carbonyl (C=O) groups is 1. The number of hydrogen-bond donors (Lipinski definition) is 1. The van der Waals surface area contributed by atoms with Gasteiger partial charge in [-0.05, 0) is 57.4 Å². The quantitative estimate of drug-likeness (QED) is 0.781. The summed E-state index contributed by atoms with van der Waals surface area (Å²) in [6, 6.07) is 6.01. The molecule has 3 aromatic rings. The maximum atomic E-state index is 13.0. The van der Waals surface area contributed by atoms with Gasteiger partial charge in [0.05, 0.1) is 27.2 Å². The SMILES string of the molecule is Cc1noc2nc(-c3cccs3)cc(C(=O)NC3CCN(C)CC3)c12. The molecule has 0 aliphatic carbocycles. The van der Waals surface area contributed by atoms with Crippen LogP contribution in [0.2, 0.25) is 0 Å². The van der Waals surface area contributed by atoms with Crippen molar-refractivity contribution in [2.24, 2.45) is 0 Å². The van der Waals surface area contributed by atoms with Gasteiger partial charge in [-0.15, -0.1) is 11.3 Å². The number of pyridine rings is 1. The molecule has 1 aliphatic heterocycles. The summed E-state index contributed by atoms with van der Waals surface area (Å²) in [6.07, 6.45) is 1.94. The van der Waals surface area contributed by atoms with E-state index in [-0.39, 0.29) is 11.9 Å². The number of likely N-dealkylation sites (tertiary alicyclic amines) is 1. The van der Waals surface area contributed by atoms with Crippen molar-refractivity contribution >= 4 is 28.3 Å². The van der Waals surface area contributed by atoms with Gasteiger partial charge in [0.2, 0.25) is 0 Å². The Morgan fingerprint density at radius 2 is 2.20 bits per heavy atom. The van der Waals surface area contributed by atoms with Crippen LogP contribution >= 0.6 is 11.3 Å². The first-order chi connectivity index (χ1) is 12.1. The molecule has 6 nitrogen and oxygen atoms in total. The van der Waals surface area contributed by atoms with Gasteiger partial charge in [0.25, 0.3) is 11.6 Å². The Kier molecular flexibility index (Phi) is 4.27. The minimum atomic E-state index is -0.0777. The normalized spacial score (nSPS) is 16.4. The Balaban J connectivity index is 1.69. The second kappa shape index (κ2) is 6.57. The molecule has 0 radical (unpaired) electrons. The lowest BCUT2D eigenvalue weighted by Crippen LogP contribution is -2.43. The zero-order chi connectivity index (χ0) is 17.4. The molecular weight excluding hydrogens is 336 g/mol. The summed E-state index contributed by atoms with van der Waals surface area (Å²) in [6.45, 7) is 3.84. The van der Waals surface area contributed by atoms with Crippen LogP contribution in [0, 0.1) is 6.92 Å². The van der Waals surface area contributed by atoms with Crippen molar-refractivity contribution in [1.82, 2.24) is 20.4 Å². The van der Waals surface area contributed by atoms with Crippen molar-refractivity contribution in [3.8, 4) is 10.6 Å². The van der Waals surface area contributed by atoms with Crippen LogP contribution in [0.1, 0.15) is 28.9 Å². The molecule has 0 spiro atoms. The molecule has 0 atom stereocenters. The number of thiophene rings is 1. The number of rotatable bonds is 3. The standard InChI is InChI=1S/C18H20N4O2S/c1-11-16-13(17(23)19-12-5-7-22(2)8-6-12)10-14(15-4-3-9-25-15)20-18(16)24-21-11/h3-4,9-10,12H,5-8H2,1-2H3,(H,19,23). The van der Waals surface area contributed by atoms with Crippen molar-refractivity contribution in [3.63, 3.8) is 0 Å². The van der Waals surface area contributed by atoms with E-state index in [0.717, 1.165) is 36.5 Å². The molecule has 1 N–H and O–H groups in total. The number of amides is 1. The van der Waals surface area contributed by atoms with E-state index in [1.54, 1.807) is 11.3 Å². The van der Waals surface area contributed by atoms with Gasteiger partial charge in [0.1, 0.15) is 0 Å². The fraction of sp³-hybridized carbons (Fsp3) is 0.389. The van der Waals surface area contributed by atoms with Gasteiger partial charge in [-0.3, -0.25) is 4.79 Å². The van der Waals surface area contributed by atoms with Crippen molar-refractivity contribution in [1.29, 1.82) is 0 Å². The number of piperidine rings is 1. The van der Waals surface area contributed by atoms with Crippen molar-refractivity contribution in [2.45, 2.75) is 25.8 Å². The van der Waals surface area contributed by atoms with Gasteiger partial charge in [0, 0.05) is 6.04 Å². The molecule has 25 heavy (non-hydrogen) atoms. The molecule has 1 saturated heterocycles. The van der Waals surface area contributed by atoms with E-state index in [4.69, 9.17) is 4.52 Å². The predicted molar refractivity (Wildman–Crippen MR) is 97.8 cm³/mol. The average molecular weight is 356 g/mol. The number of carbonyl (C=O) groups excluding carboxylic acids is 1. The van der Waals surface area contributed by atoms with Gasteiger partial charge in [-0.2, -0.15) is 0 Å². The highest BCUT2D eigenvalue weighted by Crippen LogP contribution is 2.29. The van der Waals surface area contributed by atoms with Gasteiger partial charge < -0.3 is 14.7 Å². The lowest BCUT2D eigenvalue weighted by molar-refractivity contribution is 0.0918. The van der Waals surface area contributed by atoms with E-state index in [1.807, 2.05) is 30.5 Å². The fourth-order valence-corrected chi connectivity index (χ4v) is 3.93. The molecule has 0 saturated carbocycles. The second-order valence-electron chi connectivity index (χ2n) is 6.53. The third-order valence-electron chi connectivity index (χ3n) is 4.69. The van der Waals surface area contributed by atoms with Crippen LogP contribution < -0.4 is 5.32 Å². The van der Waals surface area contributed by atoms with Crippen LogP contribution in [0.15, 0.2) is 28.1 Å². The van der Waals surface area contributed by atoms with E-state index in [9.17, 15) is 4.79 Å². The Hall–Kier alpha value is -2.25. The maximum absolute atomic E-state index is 13.0. The molecular formula is C18H20N4O2S. The first kappa shape index (κ1) is 16.2. The summed E-state index contributed by atoms with van der Waals surface area (Å²) in [4.78, 5) is 20.8. The molecule has 4 heterocycles. The molecule has 1 fully saturated rings. The van der Waals surface area contributed by atoms with Crippen LogP contribution in [0.5, 0.6) is 0 Å². The smallest absolute Gasteiger partial charge is 0.259 e. The van der Waals surface area contributed by atoms with E-state index in [0.29, 0.717) is 22.4 Å². The Labute approximate surface area is 149 Å². The minimum absolute atomic E-state index is 0.0777. The van der Waals surface area contributed by atoms with Gasteiger partial charge in [-0.1, -0.05) is 11.2 Å². The molecule has 130 valence electrons. The van der Waals surface area contributed by atoms with Gasteiger partial charge >= 0.3 is 0 Å². The van der Waals surface area contributed by atoms with E-state index < -0.39 is 0 Å². The monoisotopic (exact) mass is 356 g/mol. The van der Waals surface area contributed by atoms with E-state index >= 15 is 0 Å². The summed E-state index contributed by atoms with van der Waals surface area (Å²) < 4.78 is 5.34. The lowest BCUT2D eigenvalue weighted by Gasteiger charge is -2.29. The number of aromatic nitrogens is 2. The Bertz CT molecular complexity index is 895. The molecule has 0 bridgehead atoms. The van der Waals surface area contributed by atoms with Gasteiger partial charge in [-0.25, -0.2) is 4.98 Å². The number of fused-ring (bicyclic) bond motifs is 1. The number of hydrogen-bond acceptors (Lipinski definition) is 6. The third kappa shape index (κ3) is 3.17. The molecule has 0 unspecified atom stereocenters. The highest BCUT2D eigenvalue weighted by Gasteiger charge is 2.23. The lowest BCUT2D eigenvalue weighted by atomic mass is 10.0. The molecule has 0 aromatic carbocycles. The first-order valence-corrected chi connectivity index (χ1v) is 9.30. The summed E-state index contributed by atoms with van der Waals surface area (Å²) >= 11 is 1.59. The highest BCUT2D eigenvalue weighted by atomic mass is 32.1. The molecule has 3 aromatic heterocycles. The van der Waals surface area contributed by atoms with Crippen LogP contribution in [0.3, 0.4) is 0 Å². The zero-order valence-corrected chi connectivity index (χ0v) is 15.1. The van der Waals surface area contributed by atoms with Crippen molar-refractivity contribution in [2.75, 3.05) is 20.1 Å². The topological polar surface area (TPSA) is 71.3 Å². The maximum Gasteiger partial charge on any atom is 0.259 e. The Morgan fingerprint density at radius 1 is 1.40 bits per heavy atom.